The number of nitrogens with one attached hydrogen (secondary N) is 1. The number of halogens is 1. The van der Waals surface area contributed by atoms with E-state index in [2.05, 4.69) is 20.6 Å². The number of aromatic nitrogens is 4. The average Bonchev–Trinajstić information content (AvgIpc) is 3.23. The third-order valence-electron chi connectivity index (χ3n) is 3.53. The van der Waals surface area contributed by atoms with E-state index in [4.69, 9.17) is 4.52 Å². The Labute approximate surface area is 130 Å². The van der Waals surface area contributed by atoms with Crippen LogP contribution in [-0.2, 0) is 0 Å². The van der Waals surface area contributed by atoms with Crippen LogP contribution in [0, 0.1) is 5.82 Å². The summed E-state index contributed by atoms with van der Waals surface area (Å²) in [4.78, 5) is 4.47. The maximum atomic E-state index is 13.1. The van der Waals surface area contributed by atoms with Gasteiger partial charge in [0.2, 0.25) is 11.6 Å². The second-order valence-corrected chi connectivity index (χ2v) is 4.97. The first-order chi connectivity index (χ1) is 11.2. The third-order valence-corrected chi connectivity index (χ3v) is 3.53. The molecule has 0 saturated heterocycles. The van der Waals surface area contributed by atoms with Crippen molar-refractivity contribution in [3.8, 4) is 22.7 Å². The van der Waals surface area contributed by atoms with Crippen molar-refractivity contribution in [2.45, 2.75) is 0 Å². The molecule has 0 aliphatic heterocycles. The van der Waals surface area contributed by atoms with E-state index < -0.39 is 0 Å². The van der Waals surface area contributed by atoms with Crippen LogP contribution in [-0.4, -0.2) is 26.8 Å². The molecule has 0 fully saturated rings. The van der Waals surface area contributed by atoms with Gasteiger partial charge in [0.05, 0.1) is 6.20 Å². The molecule has 0 saturated carbocycles. The lowest BCUT2D eigenvalue weighted by atomic mass is 10.1. The van der Waals surface area contributed by atoms with Crippen LogP contribution in [0.3, 0.4) is 0 Å². The predicted octanol–water partition coefficient (Wildman–Crippen LogP) is 3.23. The van der Waals surface area contributed by atoms with Gasteiger partial charge in [-0.3, -0.25) is 0 Å². The Morgan fingerprint density at radius 2 is 1.91 bits per heavy atom. The van der Waals surface area contributed by atoms with E-state index >= 15 is 0 Å². The molecule has 0 bridgehead atoms. The summed E-state index contributed by atoms with van der Waals surface area (Å²) in [5, 5.41) is 11.2. The standard InChI is InChI=1S/C16H12FN5O/c1-18-14-8-11(10-2-4-12(17)5-3-10)9-15-20-16(21-22(14)15)13-6-7-19-23-13/h2-9,18H,1H3. The predicted molar refractivity (Wildman–Crippen MR) is 83.4 cm³/mol. The van der Waals surface area contributed by atoms with Crippen LogP contribution >= 0.6 is 0 Å². The Morgan fingerprint density at radius 3 is 2.61 bits per heavy atom. The molecule has 0 aliphatic rings. The molecule has 0 spiro atoms. The number of anilines is 1. The largest absolute Gasteiger partial charge is 0.373 e. The summed E-state index contributed by atoms with van der Waals surface area (Å²) in [5.41, 5.74) is 2.47. The van der Waals surface area contributed by atoms with Crippen molar-refractivity contribution in [2.24, 2.45) is 0 Å². The van der Waals surface area contributed by atoms with Crippen LogP contribution in [0.25, 0.3) is 28.4 Å². The van der Waals surface area contributed by atoms with E-state index in [1.807, 2.05) is 12.1 Å². The Morgan fingerprint density at radius 1 is 1.09 bits per heavy atom. The lowest BCUT2D eigenvalue weighted by Crippen LogP contribution is -2.00. The van der Waals surface area contributed by atoms with Crippen LogP contribution in [0.5, 0.6) is 0 Å². The summed E-state index contributed by atoms with van der Waals surface area (Å²) in [5.74, 6) is 1.45. The molecule has 0 radical (unpaired) electrons. The van der Waals surface area contributed by atoms with Gasteiger partial charge in [-0.05, 0) is 35.4 Å². The minimum Gasteiger partial charge on any atom is -0.373 e. The molecule has 23 heavy (non-hydrogen) atoms. The Hall–Kier alpha value is -3.22. The molecule has 0 unspecified atom stereocenters. The van der Waals surface area contributed by atoms with E-state index in [-0.39, 0.29) is 5.82 Å². The quantitative estimate of drug-likeness (QED) is 0.629. The molecule has 6 nitrogen and oxygen atoms in total. The van der Waals surface area contributed by atoms with Crippen LogP contribution < -0.4 is 5.32 Å². The van der Waals surface area contributed by atoms with Gasteiger partial charge in [0.1, 0.15) is 11.6 Å². The third kappa shape index (κ3) is 2.32. The van der Waals surface area contributed by atoms with Crippen LogP contribution in [0.15, 0.2) is 53.2 Å². The van der Waals surface area contributed by atoms with Gasteiger partial charge in [-0.15, -0.1) is 5.10 Å². The summed E-state index contributed by atoms with van der Waals surface area (Å²) in [6.07, 6.45) is 1.55. The molecule has 3 aromatic heterocycles. The highest BCUT2D eigenvalue weighted by atomic mass is 19.1. The second-order valence-electron chi connectivity index (χ2n) is 4.97. The molecule has 0 atom stereocenters. The highest BCUT2D eigenvalue weighted by Crippen LogP contribution is 2.26. The zero-order valence-electron chi connectivity index (χ0n) is 12.2. The summed E-state index contributed by atoms with van der Waals surface area (Å²) >= 11 is 0. The second kappa shape index (κ2) is 5.20. The maximum absolute atomic E-state index is 13.1. The van der Waals surface area contributed by atoms with Crippen molar-refractivity contribution in [3.05, 3.63) is 54.5 Å². The molecule has 1 N–H and O–H groups in total. The summed E-state index contributed by atoms with van der Waals surface area (Å²) in [6, 6.07) is 11.8. The van der Waals surface area contributed by atoms with Gasteiger partial charge in [-0.2, -0.15) is 4.52 Å². The highest BCUT2D eigenvalue weighted by molar-refractivity contribution is 5.72. The Balaban J connectivity index is 1.89. The molecule has 4 aromatic rings. The van der Waals surface area contributed by atoms with E-state index in [0.717, 1.165) is 16.9 Å². The van der Waals surface area contributed by atoms with Gasteiger partial charge in [-0.1, -0.05) is 17.3 Å². The monoisotopic (exact) mass is 309 g/mol. The van der Waals surface area contributed by atoms with E-state index in [9.17, 15) is 4.39 Å². The van der Waals surface area contributed by atoms with Crippen molar-refractivity contribution in [1.82, 2.24) is 19.8 Å². The number of fused-ring (bicyclic) bond motifs is 1. The molecule has 7 heteroatoms. The molecule has 0 amide bonds. The van der Waals surface area contributed by atoms with Crippen molar-refractivity contribution in [1.29, 1.82) is 0 Å². The number of rotatable bonds is 3. The number of pyridine rings is 1. The fourth-order valence-electron chi connectivity index (χ4n) is 2.41. The molecular weight excluding hydrogens is 297 g/mol. The van der Waals surface area contributed by atoms with Crippen LogP contribution in [0.1, 0.15) is 0 Å². The van der Waals surface area contributed by atoms with E-state index in [1.165, 1.54) is 12.1 Å². The highest BCUT2D eigenvalue weighted by Gasteiger charge is 2.13. The van der Waals surface area contributed by atoms with Gasteiger partial charge in [0, 0.05) is 13.1 Å². The topological polar surface area (TPSA) is 68.2 Å². The summed E-state index contributed by atoms with van der Waals surface area (Å²) < 4.78 is 19.9. The molecule has 4 rings (SSSR count). The average molecular weight is 309 g/mol. The fourth-order valence-corrected chi connectivity index (χ4v) is 2.41. The minimum atomic E-state index is -0.265. The first kappa shape index (κ1) is 13.4. The lowest BCUT2D eigenvalue weighted by Gasteiger charge is -2.07. The first-order valence-electron chi connectivity index (χ1n) is 7.00. The van der Waals surface area contributed by atoms with Gasteiger partial charge < -0.3 is 9.84 Å². The summed E-state index contributed by atoms with van der Waals surface area (Å²) in [6.45, 7) is 0. The molecule has 114 valence electrons. The minimum absolute atomic E-state index is 0.265. The summed E-state index contributed by atoms with van der Waals surface area (Å²) in [7, 11) is 1.80. The van der Waals surface area contributed by atoms with Crippen LogP contribution in [0.4, 0.5) is 10.2 Å². The maximum Gasteiger partial charge on any atom is 0.220 e. The lowest BCUT2D eigenvalue weighted by molar-refractivity contribution is 0.429. The number of benzene rings is 1. The van der Waals surface area contributed by atoms with Gasteiger partial charge >= 0.3 is 0 Å². The zero-order valence-corrected chi connectivity index (χ0v) is 12.2. The van der Waals surface area contributed by atoms with Crippen molar-refractivity contribution in [3.63, 3.8) is 0 Å². The normalized spacial score (nSPS) is 11.0. The molecular formula is C16H12FN5O. The van der Waals surface area contributed by atoms with Gasteiger partial charge in [-0.25, -0.2) is 9.37 Å². The Kier molecular flexibility index (Phi) is 3.04. The van der Waals surface area contributed by atoms with Gasteiger partial charge in [0.25, 0.3) is 0 Å². The fraction of sp³-hybridized carbons (Fsp3) is 0.0625. The van der Waals surface area contributed by atoms with E-state index in [0.29, 0.717) is 17.2 Å². The Bertz CT molecular complexity index is 960. The van der Waals surface area contributed by atoms with Crippen molar-refractivity contribution in [2.75, 3.05) is 12.4 Å². The SMILES string of the molecule is CNc1cc(-c2ccc(F)cc2)cc2nc(-c3ccno3)nn12. The van der Waals surface area contributed by atoms with Crippen molar-refractivity contribution >= 4 is 11.5 Å². The smallest absolute Gasteiger partial charge is 0.220 e. The molecule has 3 heterocycles. The number of nitrogens with zero attached hydrogens (tertiary/aromatic N) is 4. The van der Waals surface area contributed by atoms with E-state index in [1.54, 1.807) is 36.0 Å². The van der Waals surface area contributed by atoms with Crippen LogP contribution in [0.2, 0.25) is 0 Å². The number of hydrogen-bond donors (Lipinski definition) is 1. The molecule has 1 aromatic carbocycles. The zero-order chi connectivity index (χ0) is 15.8. The first-order valence-corrected chi connectivity index (χ1v) is 7.00. The van der Waals surface area contributed by atoms with Crippen molar-refractivity contribution < 1.29 is 8.91 Å². The number of hydrogen-bond acceptors (Lipinski definition) is 5. The van der Waals surface area contributed by atoms with Gasteiger partial charge in [0.15, 0.2) is 5.65 Å². The molecule has 0 aliphatic carbocycles.